The second kappa shape index (κ2) is 12.8. The van der Waals surface area contributed by atoms with Gasteiger partial charge in [-0.1, -0.05) is 176 Å². The number of anilines is 3. The average molecular weight is 762 g/mol. The summed E-state index contributed by atoms with van der Waals surface area (Å²) in [5, 5.41) is 17.4. The Bertz CT molecular complexity index is 3820. The number of rotatable bonds is 5. The van der Waals surface area contributed by atoms with Crippen molar-refractivity contribution in [3.05, 3.63) is 212 Å². The minimum absolute atomic E-state index is 0.892. The lowest BCUT2D eigenvalue weighted by atomic mass is 9.87. The number of furan rings is 1. The summed E-state index contributed by atoms with van der Waals surface area (Å²) in [6.07, 6.45) is 0. The number of hydrogen-bond acceptors (Lipinski definition) is 2. The first-order valence-corrected chi connectivity index (χ1v) is 20.7. The maximum Gasteiger partial charge on any atom is 0.143 e. The highest BCUT2D eigenvalue weighted by molar-refractivity contribution is 6.37. The van der Waals surface area contributed by atoms with Crippen molar-refractivity contribution in [3.8, 4) is 22.3 Å². The van der Waals surface area contributed by atoms with Crippen LogP contribution in [-0.2, 0) is 0 Å². The van der Waals surface area contributed by atoms with Gasteiger partial charge in [-0.2, -0.15) is 0 Å². The van der Waals surface area contributed by atoms with Crippen LogP contribution in [0.15, 0.2) is 217 Å². The van der Waals surface area contributed by atoms with Crippen LogP contribution < -0.4 is 4.90 Å². The van der Waals surface area contributed by atoms with Crippen molar-refractivity contribution in [2.24, 2.45) is 0 Å². The zero-order chi connectivity index (χ0) is 39.3. The van der Waals surface area contributed by atoms with Crippen LogP contribution in [0, 0.1) is 0 Å². The maximum atomic E-state index is 6.69. The molecule has 1 heterocycles. The minimum atomic E-state index is 0.892. The summed E-state index contributed by atoms with van der Waals surface area (Å²) in [7, 11) is 0. The molecule has 13 aromatic rings. The molecule has 13 rings (SSSR count). The first kappa shape index (κ1) is 33.1. The van der Waals surface area contributed by atoms with Gasteiger partial charge < -0.3 is 9.32 Å². The molecule has 0 saturated carbocycles. The Hall–Kier alpha value is -7.94. The molecule has 0 aliphatic carbocycles. The highest BCUT2D eigenvalue weighted by Crippen LogP contribution is 2.48. The van der Waals surface area contributed by atoms with E-state index in [1.54, 1.807) is 0 Å². The molecule has 0 saturated heterocycles. The Morgan fingerprint density at radius 3 is 1.53 bits per heavy atom. The Balaban J connectivity index is 1.15. The van der Waals surface area contributed by atoms with Crippen LogP contribution in [0.3, 0.4) is 0 Å². The minimum Gasteiger partial charge on any atom is -0.455 e. The molecule has 12 aromatic carbocycles. The topological polar surface area (TPSA) is 16.4 Å². The van der Waals surface area contributed by atoms with Gasteiger partial charge in [0.05, 0.1) is 5.69 Å². The van der Waals surface area contributed by atoms with Gasteiger partial charge in [0.1, 0.15) is 11.2 Å². The summed E-state index contributed by atoms with van der Waals surface area (Å²) in [4.78, 5) is 2.45. The molecule has 0 aliphatic heterocycles. The van der Waals surface area contributed by atoms with Crippen LogP contribution in [0.5, 0.6) is 0 Å². The molecule has 2 nitrogen and oxygen atoms in total. The van der Waals surface area contributed by atoms with Gasteiger partial charge in [-0.3, -0.25) is 0 Å². The van der Waals surface area contributed by atoms with E-state index in [1.165, 1.54) is 75.8 Å². The number of hydrogen-bond donors (Lipinski definition) is 0. The molecule has 0 amide bonds. The van der Waals surface area contributed by atoms with E-state index >= 15 is 0 Å². The molecule has 0 bridgehead atoms. The van der Waals surface area contributed by atoms with E-state index in [4.69, 9.17) is 4.42 Å². The fourth-order valence-electron chi connectivity index (χ4n) is 10.1. The zero-order valence-electron chi connectivity index (χ0n) is 32.6. The Labute approximate surface area is 346 Å². The van der Waals surface area contributed by atoms with Crippen molar-refractivity contribution >= 4 is 104 Å². The first-order valence-electron chi connectivity index (χ1n) is 20.7. The van der Waals surface area contributed by atoms with E-state index in [0.717, 1.165) is 50.1 Å². The molecule has 1 aromatic heterocycles. The fourth-order valence-corrected chi connectivity index (χ4v) is 10.1. The van der Waals surface area contributed by atoms with Crippen LogP contribution in [0.25, 0.3) is 109 Å². The molecule has 0 N–H and O–H groups in total. The van der Waals surface area contributed by atoms with Gasteiger partial charge >= 0.3 is 0 Å². The van der Waals surface area contributed by atoms with Crippen LogP contribution >= 0.6 is 0 Å². The largest absolute Gasteiger partial charge is 0.455 e. The summed E-state index contributed by atoms with van der Waals surface area (Å²) < 4.78 is 6.69. The summed E-state index contributed by atoms with van der Waals surface area (Å²) in [6.45, 7) is 0. The van der Waals surface area contributed by atoms with Crippen molar-refractivity contribution in [1.29, 1.82) is 0 Å². The highest BCUT2D eigenvalue weighted by atomic mass is 16.3. The predicted molar refractivity (Wildman–Crippen MR) is 255 cm³/mol. The van der Waals surface area contributed by atoms with Gasteiger partial charge in [-0.05, 0) is 112 Å². The third-order valence-electron chi connectivity index (χ3n) is 12.7. The number of nitrogens with zero attached hydrogens (tertiary/aromatic N) is 1. The molecule has 0 radical (unpaired) electrons. The Morgan fingerprint density at radius 2 is 0.817 bits per heavy atom. The third-order valence-corrected chi connectivity index (χ3v) is 12.7. The molecule has 0 spiro atoms. The number of benzene rings is 11. The second-order valence-electron chi connectivity index (χ2n) is 16.0. The van der Waals surface area contributed by atoms with Gasteiger partial charge in [0, 0.05) is 33.3 Å². The van der Waals surface area contributed by atoms with Gasteiger partial charge in [0.25, 0.3) is 0 Å². The average Bonchev–Trinajstić information content (AvgIpc) is 3.70. The monoisotopic (exact) mass is 761 g/mol. The predicted octanol–water partition coefficient (Wildman–Crippen LogP) is 16.7. The van der Waals surface area contributed by atoms with Crippen molar-refractivity contribution in [1.82, 2.24) is 0 Å². The molecule has 0 aliphatic rings. The van der Waals surface area contributed by atoms with Crippen molar-refractivity contribution in [2.45, 2.75) is 0 Å². The lowest BCUT2D eigenvalue weighted by Gasteiger charge is -2.29. The molecule has 2 heteroatoms. The van der Waals surface area contributed by atoms with E-state index in [-0.39, 0.29) is 0 Å². The van der Waals surface area contributed by atoms with Gasteiger partial charge in [-0.15, -0.1) is 0 Å². The maximum absolute atomic E-state index is 6.69. The van der Waals surface area contributed by atoms with Crippen LogP contribution in [0.1, 0.15) is 0 Å². The summed E-state index contributed by atoms with van der Waals surface area (Å²) in [5.41, 5.74) is 9.55. The van der Waals surface area contributed by atoms with Crippen molar-refractivity contribution < 1.29 is 4.42 Å². The lowest BCUT2D eigenvalue weighted by Crippen LogP contribution is -2.11. The standard InChI is InChI=1S/C58H35NO/c1-2-12-36(13-3-1)37-30-32-42(33-31-37)59(52-24-6-4-17-44(52)49-22-11-23-50-45-18-5-7-25-53(45)60-58(49)50)43-34-41-29-28-40-15-9-20-47-46-19-8-14-38-26-27-39-16-10-21-48(56(39)54(38)46)51(35-43)57(41)55(40)47/h1-35H. The Kier molecular flexibility index (Phi) is 7.05. The van der Waals surface area contributed by atoms with E-state index in [9.17, 15) is 0 Å². The quantitative estimate of drug-likeness (QED) is 0.162. The fraction of sp³-hybridized carbons (Fsp3) is 0. The molecule has 0 fully saturated rings. The molecular weight excluding hydrogens is 727 g/mol. The first-order chi connectivity index (χ1) is 29.8. The van der Waals surface area contributed by atoms with Crippen LogP contribution in [0.2, 0.25) is 0 Å². The van der Waals surface area contributed by atoms with Crippen LogP contribution in [-0.4, -0.2) is 0 Å². The van der Waals surface area contributed by atoms with Crippen molar-refractivity contribution in [2.75, 3.05) is 4.90 Å². The van der Waals surface area contributed by atoms with Crippen molar-refractivity contribution in [3.63, 3.8) is 0 Å². The van der Waals surface area contributed by atoms with E-state index in [0.29, 0.717) is 0 Å². The molecule has 0 unspecified atom stereocenters. The molecular formula is C58H35NO. The van der Waals surface area contributed by atoms with Gasteiger partial charge in [-0.25, -0.2) is 0 Å². The van der Waals surface area contributed by atoms with Crippen LogP contribution in [0.4, 0.5) is 17.1 Å². The zero-order valence-corrected chi connectivity index (χ0v) is 32.6. The van der Waals surface area contributed by atoms with Gasteiger partial charge in [0.15, 0.2) is 0 Å². The molecule has 60 heavy (non-hydrogen) atoms. The lowest BCUT2D eigenvalue weighted by molar-refractivity contribution is 0.670. The Morgan fingerprint density at radius 1 is 0.300 bits per heavy atom. The SMILES string of the molecule is c1ccc(-c2ccc(N(c3cc4ccc5cccc6c7cccc8ccc9cccc(c(c3)c4c56)c9c87)c3ccccc3-c3cccc4c3oc3ccccc34)cc2)cc1. The number of fused-ring (bicyclic) bond motifs is 5. The number of para-hydroxylation sites is 3. The highest BCUT2D eigenvalue weighted by Gasteiger charge is 2.23. The van der Waals surface area contributed by atoms with E-state index < -0.39 is 0 Å². The van der Waals surface area contributed by atoms with E-state index in [1.807, 2.05) is 6.07 Å². The molecule has 0 atom stereocenters. The normalized spacial score (nSPS) is 12.0. The third kappa shape index (κ3) is 4.82. The summed E-state index contributed by atoms with van der Waals surface area (Å²) >= 11 is 0. The summed E-state index contributed by atoms with van der Waals surface area (Å²) in [5.74, 6) is 0. The molecule has 278 valence electrons. The van der Waals surface area contributed by atoms with E-state index in [2.05, 4.69) is 211 Å². The summed E-state index contributed by atoms with van der Waals surface area (Å²) in [6, 6.07) is 77.7. The smallest absolute Gasteiger partial charge is 0.143 e. The second-order valence-corrected chi connectivity index (χ2v) is 16.0. The van der Waals surface area contributed by atoms with Gasteiger partial charge in [0.2, 0.25) is 0 Å².